The molecule has 0 saturated carbocycles. The molecular weight excluding hydrogens is 331 g/mol. The first-order chi connectivity index (χ1) is 12.0. The van der Waals surface area contributed by atoms with Gasteiger partial charge in [0, 0.05) is 44.6 Å². The highest BCUT2D eigenvalue weighted by Gasteiger charge is 2.31. The van der Waals surface area contributed by atoms with Crippen LogP contribution in [0.2, 0.25) is 0 Å². The van der Waals surface area contributed by atoms with E-state index in [4.69, 9.17) is 4.74 Å². The van der Waals surface area contributed by atoms with E-state index >= 15 is 0 Å². The van der Waals surface area contributed by atoms with Gasteiger partial charge >= 0.3 is 6.18 Å². The molecule has 3 rings (SSSR count). The number of halogens is 3. The number of aromatic amines is 1. The SMILES string of the molecule is FC(F)(F)c1ccc(C(CNCc2cc[nH]c2)N2CCOCC2)cc1. The average molecular weight is 353 g/mol. The van der Waals surface area contributed by atoms with Gasteiger partial charge in [0.05, 0.1) is 18.8 Å². The van der Waals surface area contributed by atoms with E-state index < -0.39 is 11.7 Å². The topological polar surface area (TPSA) is 40.3 Å². The van der Waals surface area contributed by atoms with Crippen LogP contribution in [-0.2, 0) is 17.5 Å². The van der Waals surface area contributed by atoms with Crippen LogP contribution in [0.4, 0.5) is 13.2 Å². The predicted molar refractivity (Wildman–Crippen MR) is 89.1 cm³/mol. The maximum absolute atomic E-state index is 12.8. The van der Waals surface area contributed by atoms with Gasteiger partial charge in [-0.25, -0.2) is 0 Å². The van der Waals surface area contributed by atoms with Crippen molar-refractivity contribution in [2.24, 2.45) is 0 Å². The van der Waals surface area contributed by atoms with Crippen molar-refractivity contribution in [3.05, 3.63) is 59.4 Å². The first-order valence-electron chi connectivity index (χ1n) is 8.35. The number of rotatable bonds is 6. The fourth-order valence-corrected chi connectivity index (χ4v) is 3.06. The third-order valence-corrected chi connectivity index (χ3v) is 4.44. The van der Waals surface area contributed by atoms with Crippen molar-refractivity contribution in [1.29, 1.82) is 0 Å². The molecule has 1 aromatic heterocycles. The summed E-state index contributed by atoms with van der Waals surface area (Å²) in [5.41, 5.74) is 1.42. The van der Waals surface area contributed by atoms with Gasteiger partial charge in [0.15, 0.2) is 0 Å². The minimum absolute atomic E-state index is 0.0186. The summed E-state index contributed by atoms with van der Waals surface area (Å²) in [6.07, 6.45) is -0.513. The lowest BCUT2D eigenvalue weighted by molar-refractivity contribution is -0.137. The Morgan fingerprint density at radius 3 is 2.44 bits per heavy atom. The van der Waals surface area contributed by atoms with E-state index in [1.54, 1.807) is 12.1 Å². The van der Waals surface area contributed by atoms with Crippen LogP contribution in [0, 0.1) is 0 Å². The first kappa shape index (κ1) is 18.0. The Balaban J connectivity index is 1.70. The summed E-state index contributed by atoms with van der Waals surface area (Å²) in [5, 5.41) is 3.40. The zero-order chi connectivity index (χ0) is 17.7. The Morgan fingerprint density at radius 2 is 1.84 bits per heavy atom. The minimum Gasteiger partial charge on any atom is -0.379 e. The summed E-state index contributed by atoms with van der Waals surface area (Å²) in [4.78, 5) is 5.27. The molecule has 25 heavy (non-hydrogen) atoms. The summed E-state index contributed by atoms with van der Waals surface area (Å²) in [7, 11) is 0. The Kier molecular flexibility index (Phi) is 5.78. The summed E-state index contributed by atoms with van der Waals surface area (Å²) in [6, 6.07) is 7.51. The molecule has 1 aromatic carbocycles. The number of ether oxygens (including phenoxy) is 1. The van der Waals surface area contributed by atoms with Crippen molar-refractivity contribution in [3.8, 4) is 0 Å². The van der Waals surface area contributed by atoms with Gasteiger partial charge in [-0.2, -0.15) is 13.2 Å². The Labute approximate surface area is 145 Å². The van der Waals surface area contributed by atoms with Crippen molar-refractivity contribution in [2.75, 3.05) is 32.8 Å². The molecule has 2 aromatic rings. The lowest BCUT2D eigenvalue weighted by Gasteiger charge is -2.35. The Morgan fingerprint density at radius 1 is 1.12 bits per heavy atom. The number of aromatic nitrogens is 1. The Bertz CT molecular complexity index is 635. The van der Waals surface area contributed by atoms with E-state index in [0.29, 0.717) is 26.3 Å². The van der Waals surface area contributed by atoms with Gasteiger partial charge in [0.2, 0.25) is 0 Å². The number of H-pyrrole nitrogens is 1. The normalized spacial score (nSPS) is 17.6. The molecule has 0 bridgehead atoms. The van der Waals surface area contributed by atoms with E-state index in [9.17, 15) is 13.2 Å². The van der Waals surface area contributed by atoms with Crippen LogP contribution in [0.5, 0.6) is 0 Å². The fraction of sp³-hybridized carbons (Fsp3) is 0.444. The number of alkyl halides is 3. The average Bonchev–Trinajstić information content (AvgIpc) is 3.12. The molecule has 0 spiro atoms. The number of nitrogens with zero attached hydrogens (tertiary/aromatic N) is 1. The molecule has 7 heteroatoms. The maximum atomic E-state index is 12.8. The number of nitrogens with one attached hydrogen (secondary N) is 2. The molecule has 1 atom stereocenters. The van der Waals surface area contributed by atoms with E-state index in [-0.39, 0.29) is 6.04 Å². The Hall–Kier alpha value is -1.83. The van der Waals surface area contributed by atoms with Crippen molar-refractivity contribution < 1.29 is 17.9 Å². The van der Waals surface area contributed by atoms with Crippen molar-refractivity contribution in [2.45, 2.75) is 18.8 Å². The molecule has 2 N–H and O–H groups in total. The lowest BCUT2D eigenvalue weighted by Crippen LogP contribution is -2.42. The van der Waals surface area contributed by atoms with E-state index in [1.165, 1.54) is 0 Å². The largest absolute Gasteiger partial charge is 0.416 e. The zero-order valence-corrected chi connectivity index (χ0v) is 13.9. The highest BCUT2D eigenvalue weighted by Crippen LogP contribution is 2.31. The second kappa shape index (κ2) is 8.03. The van der Waals surface area contributed by atoms with E-state index in [2.05, 4.69) is 15.2 Å². The van der Waals surface area contributed by atoms with Gasteiger partial charge < -0.3 is 15.0 Å². The highest BCUT2D eigenvalue weighted by atomic mass is 19.4. The van der Waals surface area contributed by atoms with Crippen molar-refractivity contribution in [1.82, 2.24) is 15.2 Å². The molecule has 1 saturated heterocycles. The maximum Gasteiger partial charge on any atom is 0.416 e. The molecule has 4 nitrogen and oxygen atoms in total. The summed E-state index contributed by atoms with van der Waals surface area (Å²) >= 11 is 0. The molecule has 0 aliphatic carbocycles. The molecular formula is C18H22F3N3O. The van der Waals surface area contributed by atoms with Crippen LogP contribution >= 0.6 is 0 Å². The molecule has 136 valence electrons. The molecule has 1 fully saturated rings. The number of hydrogen-bond donors (Lipinski definition) is 2. The molecule has 0 amide bonds. The van der Waals surface area contributed by atoms with Crippen molar-refractivity contribution in [3.63, 3.8) is 0 Å². The molecule has 1 aliphatic heterocycles. The van der Waals surface area contributed by atoms with Gasteiger partial charge in [-0.15, -0.1) is 0 Å². The molecule has 0 radical (unpaired) electrons. The van der Waals surface area contributed by atoms with Gasteiger partial charge in [-0.3, -0.25) is 4.90 Å². The third kappa shape index (κ3) is 4.84. The van der Waals surface area contributed by atoms with Gasteiger partial charge in [-0.05, 0) is 29.3 Å². The number of benzene rings is 1. The van der Waals surface area contributed by atoms with Crippen molar-refractivity contribution >= 4 is 0 Å². The van der Waals surface area contributed by atoms with Crippen LogP contribution < -0.4 is 5.32 Å². The summed E-state index contributed by atoms with van der Waals surface area (Å²) in [5.74, 6) is 0. The number of hydrogen-bond acceptors (Lipinski definition) is 3. The number of morpholine rings is 1. The van der Waals surface area contributed by atoms with Crippen LogP contribution in [0.25, 0.3) is 0 Å². The lowest BCUT2D eigenvalue weighted by atomic mass is 10.0. The fourth-order valence-electron chi connectivity index (χ4n) is 3.06. The van der Waals surface area contributed by atoms with Crippen LogP contribution in [0.1, 0.15) is 22.7 Å². The van der Waals surface area contributed by atoms with Gasteiger partial charge in [-0.1, -0.05) is 12.1 Å². The minimum atomic E-state index is -4.31. The quantitative estimate of drug-likeness (QED) is 0.838. The second-order valence-electron chi connectivity index (χ2n) is 6.13. The van der Waals surface area contributed by atoms with Gasteiger partial charge in [0.25, 0.3) is 0 Å². The van der Waals surface area contributed by atoms with E-state index in [1.807, 2.05) is 18.5 Å². The summed E-state index contributed by atoms with van der Waals surface area (Å²) < 4.78 is 43.8. The highest BCUT2D eigenvalue weighted by molar-refractivity contribution is 5.27. The monoisotopic (exact) mass is 353 g/mol. The van der Waals surface area contributed by atoms with Crippen LogP contribution in [0.3, 0.4) is 0 Å². The van der Waals surface area contributed by atoms with E-state index in [0.717, 1.165) is 36.3 Å². The van der Waals surface area contributed by atoms with Gasteiger partial charge in [0.1, 0.15) is 0 Å². The predicted octanol–water partition coefficient (Wildman–Crippen LogP) is 3.20. The molecule has 1 aliphatic rings. The van der Waals surface area contributed by atoms with Crippen LogP contribution in [-0.4, -0.2) is 42.7 Å². The zero-order valence-electron chi connectivity index (χ0n) is 13.9. The summed E-state index contributed by atoms with van der Waals surface area (Å²) in [6.45, 7) is 4.22. The van der Waals surface area contributed by atoms with Crippen LogP contribution in [0.15, 0.2) is 42.7 Å². The molecule has 2 heterocycles. The first-order valence-corrected chi connectivity index (χ1v) is 8.35. The third-order valence-electron chi connectivity index (χ3n) is 4.44. The molecule has 1 unspecified atom stereocenters. The smallest absolute Gasteiger partial charge is 0.379 e. The standard InChI is InChI=1S/C18H22F3N3O/c19-18(20,21)16-3-1-15(2-4-16)17(24-7-9-25-10-8-24)13-23-12-14-5-6-22-11-14/h1-6,11,17,22-23H,7-10,12-13H2. The second-order valence-corrected chi connectivity index (χ2v) is 6.13.